The number of nitrogens with one attached hydrogen (secondary N) is 3. The van der Waals surface area contributed by atoms with Crippen molar-refractivity contribution in [1.29, 1.82) is 0 Å². The Labute approximate surface area is 219 Å². The maximum Gasteiger partial charge on any atom is 0.330 e. The highest BCUT2D eigenvalue weighted by atomic mass is 32.2. The Hall–Kier alpha value is -3.60. The summed E-state index contributed by atoms with van der Waals surface area (Å²) >= 11 is 1.45. The standard InChI is InChI=1S/C26H31N5O5S/c1-14-22(24(34)31-19(25(35)36-3)13-27-23(33)21-8-5-11-37-21)15(2)29-26(28-14)30-17-10-9-16-6-4-7-20(32)18(16)12-17/h4,6-8,17,19,32H,5,9-13H2,1-3H3,(H,27,33)(H,31,34)(H,28,29,30)/t17?,19-/m0/s1. The van der Waals surface area contributed by atoms with E-state index in [1.807, 2.05) is 18.2 Å². The van der Waals surface area contributed by atoms with Gasteiger partial charge >= 0.3 is 5.97 Å². The van der Waals surface area contributed by atoms with Gasteiger partial charge in [0.1, 0.15) is 11.8 Å². The maximum atomic E-state index is 13.1. The molecule has 2 amide bonds. The first kappa shape index (κ1) is 26.5. The van der Waals surface area contributed by atoms with Crippen LogP contribution in [0.5, 0.6) is 5.75 Å². The largest absolute Gasteiger partial charge is 0.508 e. The van der Waals surface area contributed by atoms with Crippen LogP contribution in [0.3, 0.4) is 0 Å². The minimum atomic E-state index is -1.07. The number of carbonyl (C=O) groups is 3. The third kappa shape index (κ3) is 6.22. The van der Waals surface area contributed by atoms with Crippen LogP contribution in [-0.2, 0) is 27.2 Å². The van der Waals surface area contributed by atoms with Gasteiger partial charge in [0.05, 0.1) is 29.0 Å². The number of phenolic OH excluding ortho intramolecular Hbond substituents is 1. The number of esters is 1. The Kier molecular flexibility index (Phi) is 8.32. The van der Waals surface area contributed by atoms with E-state index < -0.39 is 17.9 Å². The average Bonchev–Trinajstić information content (AvgIpc) is 3.41. The van der Waals surface area contributed by atoms with Crippen molar-refractivity contribution in [3.63, 3.8) is 0 Å². The Balaban J connectivity index is 1.42. The highest BCUT2D eigenvalue weighted by Crippen LogP contribution is 2.30. The van der Waals surface area contributed by atoms with Crippen molar-refractivity contribution < 1.29 is 24.2 Å². The van der Waals surface area contributed by atoms with E-state index in [1.54, 1.807) is 19.9 Å². The zero-order valence-electron chi connectivity index (χ0n) is 21.1. The second-order valence-corrected chi connectivity index (χ2v) is 10.2. The van der Waals surface area contributed by atoms with Gasteiger partial charge in [0.15, 0.2) is 0 Å². The van der Waals surface area contributed by atoms with Crippen molar-refractivity contribution in [2.75, 3.05) is 24.7 Å². The number of carbonyl (C=O) groups excluding carboxylic acids is 3. The number of benzene rings is 1. The molecule has 1 aliphatic heterocycles. The molecule has 0 saturated carbocycles. The number of rotatable bonds is 8. The van der Waals surface area contributed by atoms with Gasteiger partial charge in [0.25, 0.3) is 11.8 Å². The number of anilines is 1. The molecule has 4 rings (SSSR count). The normalized spacial score (nSPS) is 17.3. The van der Waals surface area contributed by atoms with Gasteiger partial charge in [0.2, 0.25) is 5.95 Å². The highest BCUT2D eigenvalue weighted by Gasteiger charge is 2.27. The van der Waals surface area contributed by atoms with Crippen LogP contribution < -0.4 is 16.0 Å². The summed E-state index contributed by atoms with van der Waals surface area (Å²) in [6.45, 7) is 3.30. The summed E-state index contributed by atoms with van der Waals surface area (Å²) in [5, 5.41) is 18.9. The topological polar surface area (TPSA) is 143 Å². The molecule has 37 heavy (non-hydrogen) atoms. The van der Waals surface area contributed by atoms with Crippen LogP contribution in [0.15, 0.2) is 29.2 Å². The van der Waals surface area contributed by atoms with Crippen molar-refractivity contribution in [3.05, 3.63) is 57.3 Å². The number of aromatic hydroxyl groups is 1. The summed E-state index contributed by atoms with van der Waals surface area (Å²) in [6.07, 6.45) is 5.02. The third-order valence-corrected chi connectivity index (χ3v) is 7.58. The van der Waals surface area contributed by atoms with Gasteiger partial charge in [-0.3, -0.25) is 9.59 Å². The molecule has 0 fully saturated rings. The zero-order chi connectivity index (χ0) is 26.5. The minimum Gasteiger partial charge on any atom is -0.508 e. The van der Waals surface area contributed by atoms with Crippen LogP contribution in [0.4, 0.5) is 5.95 Å². The van der Waals surface area contributed by atoms with Crippen molar-refractivity contribution in [2.24, 2.45) is 0 Å². The fourth-order valence-corrected chi connectivity index (χ4v) is 5.50. The number of hydrogen-bond acceptors (Lipinski definition) is 9. The summed E-state index contributed by atoms with van der Waals surface area (Å²) in [4.78, 5) is 47.3. The Bertz CT molecular complexity index is 1220. The molecular formula is C26H31N5O5S. The molecule has 2 heterocycles. The SMILES string of the molecule is COC(=O)[C@H](CNC(=O)C1=CCCS1)NC(=O)c1c(C)nc(NC2CCc3cccc(O)c3C2)nc1C. The van der Waals surface area contributed by atoms with Gasteiger partial charge in [-0.05, 0) is 56.7 Å². The van der Waals surface area contributed by atoms with Gasteiger partial charge < -0.3 is 25.8 Å². The first-order chi connectivity index (χ1) is 17.8. The quantitative estimate of drug-likeness (QED) is 0.381. The number of nitrogens with zero attached hydrogens (tertiary/aromatic N) is 2. The summed E-state index contributed by atoms with van der Waals surface area (Å²) in [5.74, 6) is 0.0541. The molecule has 11 heteroatoms. The molecule has 0 saturated heterocycles. The lowest BCUT2D eigenvalue weighted by atomic mass is 9.88. The molecule has 1 aromatic carbocycles. The number of methoxy groups -OCH3 is 1. The molecule has 10 nitrogen and oxygen atoms in total. The van der Waals surface area contributed by atoms with Gasteiger partial charge in [-0.2, -0.15) is 0 Å². The summed E-state index contributed by atoms with van der Waals surface area (Å²) in [5.41, 5.74) is 3.23. The molecule has 0 spiro atoms. The van der Waals surface area contributed by atoms with Crippen LogP contribution in [-0.4, -0.2) is 64.3 Å². The van der Waals surface area contributed by atoms with E-state index in [2.05, 4.69) is 25.9 Å². The van der Waals surface area contributed by atoms with Gasteiger partial charge in [-0.25, -0.2) is 14.8 Å². The molecule has 1 aromatic heterocycles. The molecule has 0 radical (unpaired) electrons. The number of hydrogen-bond donors (Lipinski definition) is 4. The van der Waals surface area contributed by atoms with Gasteiger partial charge in [-0.1, -0.05) is 18.2 Å². The molecular weight excluding hydrogens is 494 g/mol. The van der Waals surface area contributed by atoms with E-state index in [9.17, 15) is 19.5 Å². The number of aromatic nitrogens is 2. The van der Waals surface area contributed by atoms with E-state index in [1.165, 1.54) is 18.9 Å². The molecule has 2 aromatic rings. The maximum absolute atomic E-state index is 13.1. The molecule has 4 N–H and O–H groups in total. The number of phenols is 1. The summed E-state index contributed by atoms with van der Waals surface area (Å²) < 4.78 is 4.82. The zero-order valence-corrected chi connectivity index (χ0v) is 21.9. The van der Waals surface area contributed by atoms with E-state index >= 15 is 0 Å². The van der Waals surface area contributed by atoms with Crippen molar-refractivity contribution in [3.8, 4) is 5.75 Å². The third-order valence-electron chi connectivity index (χ3n) is 6.48. The number of fused-ring (bicyclic) bond motifs is 1. The summed E-state index contributed by atoms with van der Waals surface area (Å²) in [6, 6.07) is 4.55. The second kappa shape index (κ2) is 11.6. The molecule has 0 bridgehead atoms. The van der Waals surface area contributed by atoms with Crippen molar-refractivity contribution in [1.82, 2.24) is 20.6 Å². The predicted octanol–water partition coefficient (Wildman–Crippen LogP) is 2.18. The first-order valence-corrected chi connectivity index (χ1v) is 13.2. The van der Waals surface area contributed by atoms with E-state index in [0.29, 0.717) is 34.4 Å². The fourth-order valence-electron chi connectivity index (χ4n) is 4.61. The van der Waals surface area contributed by atoms with Crippen LogP contribution in [0.25, 0.3) is 0 Å². The Morgan fingerprint density at radius 2 is 1.95 bits per heavy atom. The van der Waals surface area contributed by atoms with Gasteiger partial charge in [0, 0.05) is 18.3 Å². The summed E-state index contributed by atoms with van der Waals surface area (Å²) in [7, 11) is 1.22. The monoisotopic (exact) mass is 525 g/mol. The highest BCUT2D eigenvalue weighted by molar-refractivity contribution is 8.04. The first-order valence-electron chi connectivity index (χ1n) is 12.2. The Morgan fingerprint density at radius 1 is 1.19 bits per heavy atom. The van der Waals surface area contributed by atoms with Crippen LogP contribution >= 0.6 is 11.8 Å². The van der Waals surface area contributed by atoms with E-state index in [0.717, 1.165) is 36.1 Å². The van der Waals surface area contributed by atoms with Crippen molar-refractivity contribution >= 4 is 35.5 Å². The molecule has 2 aliphatic rings. The predicted molar refractivity (Wildman–Crippen MR) is 140 cm³/mol. The van der Waals surface area contributed by atoms with Crippen LogP contribution in [0, 0.1) is 13.8 Å². The van der Waals surface area contributed by atoms with Gasteiger partial charge in [-0.15, -0.1) is 11.8 Å². The fraction of sp³-hybridized carbons (Fsp3) is 0.423. The minimum absolute atomic E-state index is 0.0414. The number of aryl methyl sites for hydroxylation is 3. The molecule has 196 valence electrons. The average molecular weight is 526 g/mol. The number of amides is 2. The lowest BCUT2D eigenvalue weighted by molar-refractivity contribution is -0.142. The van der Waals surface area contributed by atoms with Crippen molar-refractivity contribution in [2.45, 2.75) is 51.6 Å². The molecule has 1 unspecified atom stereocenters. The number of ether oxygens (including phenoxy) is 1. The smallest absolute Gasteiger partial charge is 0.330 e. The van der Waals surface area contributed by atoms with E-state index in [4.69, 9.17) is 4.74 Å². The van der Waals surface area contributed by atoms with E-state index in [-0.39, 0.29) is 24.1 Å². The van der Waals surface area contributed by atoms with Crippen LogP contribution in [0.2, 0.25) is 0 Å². The second-order valence-electron chi connectivity index (χ2n) is 9.06. The number of thioether (sulfide) groups is 1. The Morgan fingerprint density at radius 3 is 2.62 bits per heavy atom. The molecule has 1 aliphatic carbocycles. The number of allylic oxidation sites excluding steroid dienone is 1. The molecule has 2 atom stereocenters. The lowest BCUT2D eigenvalue weighted by Crippen LogP contribution is -2.49. The van der Waals surface area contributed by atoms with Crippen LogP contribution in [0.1, 0.15) is 45.7 Å². The lowest BCUT2D eigenvalue weighted by Gasteiger charge is -2.26.